The zero-order valence-corrected chi connectivity index (χ0v) is 14.8. The van der Waals surface area contributed by atoms with E-state index < -0.39 is 12.0 Å². The molecule has 27 heavy (non-hydrogen) atoms. The third-order valence-electron chi connectivity index (χ3n) is 5.05. The maximum atomic E-state index is 12.7. The number of rotatable bonds is 4. The van der Waals surface area contributed by atoms with E-state index in [2.05, 4.69) is 16.4 Å². The van der Waals surface area contributed by atoms with Crippen molar-refractivity contribution < 1.29 is 14.7 Å². The molecule has 2 heterocycles. The first-order chi connectivity index (χ1) is 13.1. The van der Waals surface area contributed by atoms with Gasteiger partial charge in [-0.3, -0.25) is 0 Å². The van der Waals surface area contributed by atoms with Crippen LogP contribution >= 0.6 is 0 Å². The highest BCUT2D eigenvalue weighted by molar-refractivity contribution is 5.86. The fourth-order valence-corrected chi connectivity index (χ4v) is 3.66. The molecule has 6 nitrogen and oxygen atoms in total. The number of benzene rings is 2. The Morgan fingerprint density at radius 3 is 2.63 bits per heavy atom. The van der Waals surface area contributed by atoms with Crippen LogP contribution in [0.1, 0.15) is 16.8 Å². The van der Waals surface area contributed by atoms with E-state index in [0.717, 1.165) is 23.2 Å². The second kappa shape index (κ2) is 7.15. The Hall–Kier alpha value is -3.28. The second-order valence-corrected chi connectivity index (χ2v) is 6.83. The second-order valence-electron chi connectivity index (χ2n) is 6.83. The van der Waals surface area contributed by atoms with Crippen LogP contribution in [-0.2, 0) is 24.2 Å². The summed E-state index contributed by atoms with van der Waals surface area (Å²) in [5.74, 6) is -1.03. The van der Waals surface area contributed by atoms with Crippen LogP contribution in [0.3, 0.4) is 0 Å². The van der Waals surface area contributed by atoms with Gasteiger partial charge in [0.15, 0.2) is 0 Å². The maximum Gasteiger partial charge on any atom is 0.326 e. The highest BCUT2D eigenvalue weighted by Gasteiger charge is 2.27. The number of carboxylic acid groups (broad SMARTS) is 1. The first-order valence-electron chi connectivity index (χ1n) is 9.02. The Labute approximate surface area is 156 Å². The van der Waals surface area contributed by atoms with Crippen molar-refractivity contribution in [1.29, 1.82) is 0 Å². The molecule has 1 atom stereocenters. The number of amides is 2. The van der Waals surface area contributed by atoms with Crippen LogP contribution in [0.15, 0.2) is 54.6 Å². The average molecular weight is 363 g/mol. The molecule has 0 saturated carbocycles. The van der Waals surface area contributed by atoms with Crippen LogP contribution in [0.5, 0.6) is 0 Å². The number of hydrogen-bond donors (Lipinski definition) is 3. The molecule has 3 aromatic rings. The largest absolute Gasteiger partial charge is 0.480 e. The Morgan fingerprint density at radius 2 is 1.85 bits per heavy atom. The minimum atomic E-state index is -1.03. The molecule has 138 valence electrons. The molecule has 1 aromatic heterocycles. The van der Waals surface area contributed by atoms with Crippen LogP contribution in [-0.4, -0.2) is 39.6 Å². The molecule has 3 N–H and O–H groups in total. The highest BCUT2D eigenvalue weighted by atomic mass is 16.4. The lowest BCUT2D eigenvalue weighted by Crippen LogP contribution is -2.50. The summed E-state index contributed by atoms with van der Waals surface area (Å²) in [6.07, 6.45) is 1.01. The van der Waals surface area contributed by atoms with Gasteiger partial charge in [0.2, 0.25) is 0 Å². The number of fused-ring (bicyclic) bond motifs is 3. The van der Waals surface area contributed by atoms with Crippen LogP contribution in [0.2, 0.25) is 0 Å². The lowest BCUT2D eigenvalue weighted by molar-refractivity contribution is -0.139. The smallest absolute Gasteiger partial charge is 0.326 e. The van der Waals surface area contributed by atoms with Gasteiger partial charge in [0.1, 0.15) is 6.04 Å². The van der Waals surface area contributed by atoms with Gasteiger partial charge in [-0.2, -0.15) is 0 Å². The number of aliphatic carboxylic acids is 1. The molecule has 0 bridgehead atoms. The molecule has 0 radical (unpaired) electrons. The number of urea groups is 1. The standard InChI is InChI=1S/C21H21N3O3/c25-20(26)18(12-14-6-2-1-3-7-14)23-21(27)24-11-10-16-15-8-4-5-9-17(15)22-19(16)13-24/h1-9,18,22H,10-13H2,(H,23,27)(H,25,26)/t18-/m1/s1. The van der Waals surface area contributed by atoms with Gasteiger partial charge in [0.05, 0.1) is 6.54 Å². The Kier molecular flexibility index (Phi) is 4.54. The minimum Gasteiger partial charge on any atom is -0.480 e. The molecule has 0 fully saturated rings. The first-order valence-corrected chi connectivity index (χ1v) is 9.02. The van der Waals surface area contributed by atoms with Gasteiger partial charge < -0.3 is 20.3 Å². The molecule has 6 heteroatoms. The number of hydrogen-bond acceptors (Lipinski definition) is 2. The molecule has 4 rings (SSSR count). The van der Waals surface area contributed by atoms with E-state index in [1.807, 2.05) is 48.5 Å². The van der Waals surface area contributed by atoms with Gasteiger partial charge in [-0.1, -0.05) is 48.5 Å². The predicted octanol–water partition coefficient (Wildman–Crippen LogP) is 2.93. The van der Waals surface area contributed by atoms with Crippen molar-refractivity contribution in [2.24, 2.45) is 0 Å². The van der Waals surface area contributed by atoms with Crippen LogP contribution in [0.4, 0.5) is 4.79 Å². The molecular weight excluding hydrogens is 342 g/mol. The Balaban J connectivity index is 1.47. The third kappa shape index (κ3) is 3.51. The van der Waals surface area contributed by atoms with E-state index in [9.17, 15) is 14.7 Å². The van der Waals surface area contributed by atoms with Crippen LogP contribution < -0.4 is 5.32 Å². The summed E-state index contributed by atoms with van der Waals surface area (Å²) in [6.45, 7) is 1.02. The molecule has 1 aliphatic rings. The van der Waals surface area contributed by atoms with Crippen molar-refractivity contribution in [3.05, 3.63) is 71.4 Å². The van der Waals surface area contributed by atoms with Gasteiger partial charge in [-0.25, -0.2) is 9.59 Å². The maximum absolute atomic E-state index is 12.7. The minimum absolute atomic E-state index is 0.257. The number of nitrogens with zero attached hydrogens (tertiary/aromatic N) is 1. The van der Waals surface area contributed by atoms with Crippen molar-refractivity contribution in [2.45, 2.75) is 25.4 Å². The highest BCUT2D eigenvalue weighted by Crippen LogP contribution is 2.27. The summed E-state index contributed by atoms with van der Waals surface area (Å²) in [5, 5.41) is 13.4. The number of H-pyrrole nitrogens is 1. The quantitative estimate of drug-likeness (QED) is 0.666. The van der Waals surface area contributed by atoms with Crippen molar-refractivity contribution in [3.8, 4) is 0 Å². The van der Waals surface area contributed by atoms with Gasteiger partial charge >= 0.3 is 12.0 Å². The molecule has 0 spiro atoms. The number of aromatic nitrogens is 1. The van der Waals surface area contributed by atoms with E-state index in [1.165, 1.54) is 10.9 Å². The Bertz CT molecular complexity index is 981. The number of carbonyl (C=O) groups excluding carboxylic acids is 1. The van der Waals surface area contributed by atoms with E-state index in [-0.39, 0.29) is 12.5 Å². The van der Waals surface area contributed by atoms with Gasteiger partial charge in [-0.15, -0.1) is 0 Å². The molecule has 1 aliphatic heterocycles. The summed E-state index contributed by atoms with van der Waals surface area (Å²) in [7, 11) is 0. The van der Waals surface area contributed by atoms with Crippen LogP contribution in [0.25, 0.3) is 10.9 Å². The van der Waals surface area contributed by atoms with E-state index in [1.54, 1.807) is 4.90 Å². The molecular formula is C21H21N3O3. The number of para-hydroxylation sites is 1. The SMILES string of the molecule is O=C(O)[C@@H](Cc1ccccc1)NC(=O)N1CCc2c([nH]c3ccccc23)C1. The van der Waals surface area contributed by atoms with Gasteiger partial charge in [-0.05, 0) is 23.6 Å². The average Bonchev–Trinajstić information content (AvgIpc) is 3.06. The zero-order chi connectivity index (χ0) is 18.8. The normalized spacial score (nSPS) is 14.6. The van der Waals surface area contributed by atoms with Crippen molar-refractivity contribution in [2.75, 3.05) is 6.54 Å². The number of aromatic amines is 1. The molecule has 2 amide bonds. The van der Waals surface area contributed by atoms with E-state index in [0.29, 0.717) is 13.1 Å². The molecule has 2 aromatic carbocycles. The van der Waals surface area contributed by atoms with E-state index >= 15 is 0 Å². The summed E-state index contributed by atoms with van der Waals surface area (Å²) in [4.78, 5) is 29.3. The summed E-state index contributed by atoms with van der Waals surface area (Å²) < 4.78 is 0. The zero-order valence-electron chi connectivity index (χ0n) is 14.8. The number of carboxylic acids is 1. The van der Waals surface area contributed by atoms with Gasteiger partial charge in [0.25, 0.3) is 0 Å². The first kappa shape index (κ1) is 17.1. The predicted molar refractivity (Wildman–Crippen MR) is 103 cm³/mol. The van der Waals surface area contributed by atoms with Crippen molar-refractivity contribution in [3.63, 3.8) is 0 Å². The fourth-order valence-electron chi connectivity index (χ4n) is 3.66. The third-order valence-corrected chi connectivity index (χ3v) is 5.05. The summed E-state index contributed by atoms with van der Waals surface area (Å²) >= 11 is 0. The number of nitrogens with one attached hydrogen (secondary N) is 2. The van der Waals surface area contributed by atoms with Crippen molar-refractivity contribution in [1.82, 2.24) is 15.2 Å². The van der Waals surface area contributed by atoms with Gasteiger partial charge in [0, 0.05) is 29.6 Å². The molecule has 0 unspecified atom stereocenters. The number of carbonyl (C=O) groups is 2. The van der Waals surface area contributed by atoms with E-state index in [4.69, 9.17) is 0 Å². The lowest BCUT2D eigenvalue weighted by Gasteiger charge is -2.28. The fraction of sp³-hybridized carbons (Fsp3) is 0.238. The molecule has 0 aliphatic carbocycles. The Morgan fingerprint density at radius 1 is 1.11 bits per heavy atom. The topological polar surface area (TPSA) is 85.4 Å². The summed E-state index contributed by atoms with van der Waals surface area (Å²) in [6, 6.07) is 16.1. The van der Waals surface area contributed by atoms with Crippen LogP contribution in [0, 0.1) is 0 Å². The molecule has 0 saturated heterocycles. The monoisotopic (exact) mass is 363 g/mol. The lowest BCUT2D eigenvalue weighted by atomic mass is 10.0. The summed E-state index contributed by atoms with van der Waals surface area (Å²) in [5.41, 5.74) is 4.21. The van der Waals surface area contributed by atoms with Crippen molar-refractivity contribution >= 4 is 22.9 Å².